The van der Waals surface area contributed by atoms with Crippen molar-refractivity contribution in [2.24, 2.45) is 0 Å². The van der Waals surface area contributed by atoms with Crippen LogP contribution in [0.4, 0.5) is 4.39 Å². The molecule has 0 spiro atoms. The summed E-state index contributed by atoms with van der Waals surface area (Å²) in [6, 6.07) is 11.4. The van der Waals surface area contributed by atoms with Crippen molar-refractivity contribution in [2.45, 2.75) is 43.5 Å². The van der Waals surface area contributed by atoms with Gasteiger partial charge in [-0.15, -0.1) is 0 Å². The number of sulfonamides is 1. The SMILES string of the molecule is O=C(NCCC1=CCCCC1)c1ccc(CNS(=O)(=O)c2ccc(F)cc2)cc1. The molecule has 7 heteroatoms. The van der Waals surface area contributed by atoms with Gasteiger partial charge >= 0.3 is 0 Å². The van der Waals surface area contributed by atoms with Crippen LogP contribution in [0.5, 0.6) is 0 Å². The minimum absolute atomic E-state index is 0.00276. The Morgan fingerprint density at radius 1 is 1.00 bits per heavy atom. The molecule has 0 atom stereocenters. The number of carbonyl (C=O) groups excluding carboxylic acids is 1. The Morgan fingerprint density at radius 2 is 1.72 bits per heavy atom. The van der Waals surface area contributed by atoms with Gasteiger partial charge in [-0.2, -0.15) is 0 Å². The Morgan fingerprint density at radius 3 is 2.38 bits per heavy atom. The zero-order chi connectivity index (χ0) is 20.7. The lowest BCUT2D eigenvalue weighted by molar-refractivity contribution is 0.0954. The van der Waals surface area contributed by atoms with Gasteiger partial charge in [0.1, 0.15) is 5.82 Å². The lowest BCUT2D eigenvalue weighted by Gasteiger charge is -2.13. The van der Waals surface area contributed by atoms with Crippen LogP contribution in [-0.2, 0) is 16.6 Å². The zero-order valence-corrected chi connectivity index (χ0v) is 17.0. The van der Waals surface area contributed by atoms with Crippen molar-refractivity contribution in [3.05, 3.63) is 77.1 Å². The minimum atomic E-state index is -3.73. The average molecular weight is 417 g/mol. The third-order valence-electron chi connectivity index (χ3n) is 4.92. The largest absolute Gasteiger partial charge is 0.352 e. The van der Waals surface area contributed by atoms with Crippen molar-refractivity contribution >= 4 is 15.9 Å². The maximum absolute atomic E-state index is 13.0. The summed E-state index contributed by atoms with van der Waals surface area (Å²) in [5, 5.41) is 2.93. The molecule has 0 aromatic heterocycles. The molecular weight excluding hydrogens is 391 g/mol. The Balaban J connectivity index is 1.49. The van der Waals surface area contributed by atoms with Gasteiger partial charge in [-0.25, -0.2) is 17.5 Å². The Kier molecular flexibility index (Phi) is 7.17. The maximum Gasteiger partial charge on any atom is 0.251 e. The second kappa shape index (κ2) is 9.80. The molecule has 1 aliphatic carbocycles. The molecule has 2 N–H and O–H groups in total. The molecule has 0 bridgehead atoms. The summed E-state index contributed by atoms with van der Waals surface area (Å²) in [5.74, 6) is -0.631. The van der Waals surface area contributed by atoms with E-state index in [4.69, 9.17) is 0 Å². The number of hydrogen-bond donors (Lipinski definition) is 2. The van der Waals surface area contributed by atoms with Crippen LogP contribution >= 0.6 is 0 Å². The zero-order valence-electron chi connectivity index (χ0n) is 16.2. The molecule has 0 saturated carbocycles. The third kappa shape index (κ3) is 6.24. The van der Waals surface area contributed by atoms with Gasteiger partial charge in [0.2, 0.25) is 10.0 Å². The summed E-state index contributed by atoms with van der Waals surface area (Å²) in [5.41, 5.74) is 2.67. The first-order valence-corrected chi connectivity index (χ1v) is 11.2. The highest BCUT2D eigenvalue weighted by Crippen LogP contribution is 2.19. The fraction of sp³-hybridized carbons (Fsp3) is 0.318. The molecule has 1 amide bonds. The van der Waals surface area contributed by atoms with Gasteiger partial charge in [0.15, 0.2) is 0 Å². The summed E-state index contributed by atoms with van der Waals surface area (Å²) in [7, 11) is -3.73. The van der Waals surface area contributed by atoms with E-state index in [0.29, 0.717) is 12.1 Å². The molecule has 154 valence electrons. The summed E-state index contributed by atoms with van der Waals surface area (Å²) < 4.78 is 39.9. The minimum Gasteiger partial charge on any atom is -0.352 e. The lowest BCUT2D eigenvalue weighted by atomic mass is 9.97. The van der Waals surface area contributed by atoms with Crippen LogP contribution in [0.3, 0.4) is 0 Å². The van der Waals surface area contributed by atoms with Gasteiger partial charge in [-0.1, -0.05) is 23.8 Å². The van der Waals surface area contributed by atoms with E-state index in [2.05, 4.69) is 16.1 Å². The number of rotatable bonds is 8. The molecule has 0 aliphatic heterocycles. The van der Waals surface area contributed by atoms with Crippen LogP contribution in [-0.4, -0.2) is 20.9 Å². The summed E-state index contributed by atoms with van der Waals surface area (Å²) in [6.07, 6.45) is 7.90. The highest BCUT2D eigenvalue weighted by atomic mass is 32.2. The number of allylic oxidation sites excluding steroid dienone is 1. The van der Waals surface area contributed by atoms with Crippen molar-refractivity contribution in [1.82, 2.24) is 10.0 Å². The fourth-order valence-electron chi connectivity index (χ4n) is 3.22. The van der Waals surface area contributed by atoms with Crippen LogP contribution in [0, 0.1) is 5.82 Å². The van der Waals surface area contributed by atoms with E-state index in [0.717, 1.165) is 37.0 Å². The van der Waals surface area contributed by atoms with Crippen LogP contribution < -0.4 is 10.0 Å². The Hall–Kier alpha value is -2.51. The topological polar surface area (TPSA) is 75.3 Å². The van der Waals surface area contributed by atoms with Crippen molar-refractivity contribution < 1.29 is 17.6 Å². The average Bonchev–Trinajstić information content (AvgIpc) is 2.74. The Bertz CT molecular complexity index is 968. The molecule has 0 saturated heterocycles. The van der Waals surface area contributed by atoms with Crippen molar-refractivity contribution in [3.63, 3.8) is 0 Å². The van der Waals surface area contributed by atoms with Gasteiger partial charge in [0, 0.05) is 18.7 Å². The van der Waals surface area contributed by atoms with Crippen LogP contribution in [0.25, 0.3) is 0 Å². The predicted molar refractivity (Wildman–Crippen MR) is 110 cm³/mol. The van der Waals surface area contributed by atoms with Crippen molar-refractivity contribution in [2.75, 3.05) is 6.54 Å². The first kappa shape index (κ1) is 21.2. The Labute approximate surface area is 171 Å². The highest BCUT2D eigenvalue weighted by Gasteiger charge is 2.14. The predicted octanol–water partition coefficient (Wildman–Crippen LogP) is 3.92. The molecule has 2 aromatic rings. The molecule has 0 unspecified atom stereocenters. The normalized spacial score (nSPS) is 14.3. The number of halogens is 1. The van der Waals surface area contributed by atoms with Crippen molar-refractivity contribution in [3.8, 4) is 0 Å². The summed E-state index contributed by atoms with van der Waals surface area (Å²) >= 11 is 0. The standard InChI is InChI=1S/C22H25FN2O3S/c23-20-10-12-21(13-11-20)29(27,28)25-16-18-6-8-19(9-7-18)22(26)24-15-14-17-4-2-1-3-5-17/h4,6-13,25H,1-3,5,14-16H2,(H,24,26). The molecule has 3 rings (SSSR count). The van der Waals surface area contributed by atoms with E-state index in [1.54, 1.807) is 24.3 Å². The maximum atomic E-state index is 13.0. The number of hydrogen-bond acceptors (Lipinski definition) is 3. The van der Waals surface area contributed by atoms with E-state index in [1.807, 2.05) is 0 Å². The monoisotopic (exact) mass is 416 g/mol. The van der Waals surface area contributed by atoms with Crippen molar-refractivity contribution in [1.29, 1.82) is 0 Å². The highest BCUT2D eigenvalue weighted by molar-refractivity contribution is 7.89. The van der Waals surface area contributed by atoms with Crippen LogP contribution in [0.15, 0.2) is 65.1 Å². The van der Waals surface area contributed by atoms with Gasteiger partial charge < -0.3 is 5.32 Å². The number of nitrogens with one attached hydrogen (secondary N) is 2. The molecule has 0 fully saturated rings. The first-order chi connectivity index (χ1) is 13.9. The first-order valence-electron chi connectivity index (χ1n) is 9.74. The van der Waals surface area contributed by atoms with Gasteiger partial charge in [-0.3, -0.25) is 4.79 Å². The second-order valence-electron chi connectivity index (χ2n) is 7.09. The quantitative estimate of drug-likeness (QED) is 0.641. The molecule has 2 aromatic carbocycles. The summed E-state index contributed by atoms with van der Waals surface area (Å²) in [6.45, 7) is 0.694. The molecule has 5 nitrogen and oxygen atoms in total. The van der Waals surface area contributed by atoms with Crippen LogP contribution in [0.2, 0.25) is 0 Å². The van der Waals surface area contributed by atoms with E-state index >= 15 is 0 Å². The molecular formula is C22H25FN2O3S. The smallest absolute Gasteiger partial charge is 0.251 e. The molecule has 1 aliphatic rings. The number of amides is 1. The van der Waals surface area contributed by atoms with Crippen LogP contribution in [0.1, 0.15) is 48.0 Å². The van der Waals surface area contributed by atoms with Gasteiger partial charge in [0.05, 0.1) is 4.90 Å². The van der Waals surface area contributed by atoms with E-state index < -0.39 is 15.8 Å². The molecule has 29 heavy (non-hydrogen) atoms. The van der Waals surface area contributed by atoms with E-state index in [1.165, 1.54) is 30.5 Å². The molecule has 0 heterocycles. The van der Waals surface area contributed by atoms with Gasteiger partial charge in [-0.05, 0) is 74.1 Å². The molecule has 0 radical (unpaired) electrons. The fourth-order valence-corrected chi connectivity index (χ4v) is 4.24. The number of benzene rings is 2. The van der Waals surface area contributed by atoms with E-state index in [-0.39, 0.29) is 17.3 Å². The van der Waals surface area contributed by atoms with Gasteiger partial charge in [0.25, 0.3) is 5.91 Å². The summed E-state index contributed by atoms with van der Waals surface area (Å²) in [4.78, 5) is 12.3. The number of carbonyl (C=O) groups is 1. The second-order valence-corrected chi connectivity index (χ2v) is 8.86. The lowest BCUT2D eigenvalue weighted by Crippen LogP contribution is -2.25. The van der Waals surface area contributed by atoms with E-state index in [9.17, 15) is 17.6 Å². The third-order valence-corrected chi connectivity index (χ3v) is 6.34.